The van der Waals surface area contributed by atoms with Crippen molar-refractivity contribution in [1.29, 1.82) is 0 Å². The molecular formula is C15H18N2O2. The molecule has 0 amide bonds. The molecule has 1 heterocycles. The summed E-state index contributed by atoms with van der Waals surface area (Å²) in [6.45, 7) is 3.64. The summed E-state index contributed by atoms with van der Waals surface area (Å²) >= 11 is 0. The maximum Gasteiger partial charge on any atom is 0.272 e. The van der Waals surface area contributed by atoms with E-state index in [2.05, 4.69) is 9.97 Å². The van der Waals surface area contributed by atoms with Crippen LogP contribution < -0.4 is 5.56 Å². The lowest BCUT2D eigenvalue weighted by atomic mass is 10.1. The van der Waals surface area contributed by atoms with Gasteiger partial charge in [0.15, 0.2) is 0 Å². The Morgan fingerprint density at radius 1 is 1.26 bits per heavy atom. The van der Waals surface area contributed by atoms with Crippen molar-refractivity contribution in [2.75, 3.05) is 7.11 Å². The first-order valence-electron chi connectivity index (χ1n) is 6.20. The van der Waals surface area contributed by atoms with E-state index in [9.17, 15) is 4.79 Å². The van der Waals surface area contributed by atoms with Gasteiger partial charge in [-0.1, -0.05) is 30.3 Å². The molecule has 0 radical (unpaired) electrons. The van der Waals surface area contributed by atoms with E-state index >= 15 is 0 Å². The third-order valence-electron chi connectivity index (χ3n) is 3.16. The standard InChI is InChI=1S/C15H18N2O2/c1-15(2,19-3)13-14(18)17-12(10-16-13)9-11-7-5-4-6-8-11/h4-8,10H,9H2,1-3H3,(H,17,18). The molecular weight excluding hydrogens is 240 g/mol. The van der Waals surface area contributed by atoms with Gasteiger partial charge in [0, 0.05) is 25.4 Å². The topological polar surface area (TPSA) is 55.0 Å². The van der Waals surface area contributed by atoms with Crippen molar-refractivity contribution in [2.45, 2.75) is 25.9 Å². The van der Waals surface area contributed by atoms with Crippen molar-refractivity contribution >= 4 is 0 Å². The zero-order chi connectivity index (χ0) is 13.9. The van der Waals surface area contributed by atoms with Crippen LogP contribution in [0.1, 0.15) is 30.8 Å². The molecule has 1 aromatic heterocycles. The Balaban J connectivity index is 2.27. The fraction of sp³-hybridized carbons (Fsp3) is 0.333. The van der Waals surface area contributed by atoms with Crippen LogP contribution in [0.4, 0.5) is 0 Å². The summed E-state index contributed by atoms with van der Waals surface area (Å²) in [6.07, 6.45) is 2.36. The Morgan fingerprint density at radius 3 is 2.53 bits per heavy atom. The number of aromatic nitrogens is 2. The average Bonchev–Trinajstić information content (AvgIpc) is 2.39. The van der Waals surface area contributed by atoms with Crippen molar-refractivity contribution in [3.8, 4) is 0 Å². The molecule has 0 unspecified atom stereocenters. The van der Waals surface area contributed by atoms with Crippen molar-refractivity contribution in [3.05, 3.63) is 63.8 Å². The number of methoxy groups -OCH3 is 1. The van der Waals surface area contributed by atoms with Gasteiger partial charge < -0.3 is 9.72 Å². The van der Waals surface area contributed by atoms with Crippen LogP contribution in [-0.4, -0.2) is 17.1 Å². The van der Waals surface area contributed by atoms with Crippen LogP contribution in [0.2, 0.25) is 0 Å². The number of hydrogen-bond acceptors (Lipinski definition) is 3. The minimum absolute atomic E-state index is 0.194. The highest BCUT2D eigenvalue weighted by atomic mass is 16.5. The first-order valence-corrected chi connectivity index (χ1v) is 6.20. The molecule has 0 saturated heterocycles. The Morgan fingerprint density at radius 2 is 1.95 bits per heavy atom. The van der Waals surface area contributed by atoms with E-state index in [0.717, 1.165) is 11.3 Å². The smallest absolute Gasteiger partial charge is 0.272 e. The molecule has 1 N–H and O–H groups in total. The Kier molecular flexibility index (Phi) is 3.81. The van der Waals surface area contributed by atoms with E-state index in [4.69, 9.17) is 4.74 Å². The summed E-state index contributed by atoms with van der Waals surface area (Å²) in [5.74, 6) is 0. The number of hydrogen-bond donors (Lipinski definition) is 1. The molecule has 0 atom stereocenters. The molecule has 2 aromatic rings. The fourth-order valence-electron chi connectivity index (χ4n) is 1.87. The van der Waals surface area contributed by atoms with Crippen molar-refractivity contribution in [1.82, 2.24) is 9.97 Å². The molecule has 0 saturated carbocycles. The molecule has 0 fully saturated rings. The molecule has 0 aliphatic carbocycles. The lowest BCUT2D eigenvalue weighted by Crippen LogP contribution is -2.31. The van der Waals surface area contributed by atoms with Gasteiger partial charge in [-0.05, 0) is 19.4 Å². The van der Waals surface area contributed by atoms with E-state index in [1.165, 1.54) is 0 Å². The van der Waals surface area contributed by atoms with Crippen molar-refractivity contribution in [2.24, 2.45) is 0 Å². The monoisotopic (exact) mass is 258 g/mol. The van der Waals surface area contributed by atoms with Gasteiger partial charge in [-0.15, -0.1) is 0 Å². The maximum absolute atomic E-state index is 12.0. The Labute approximate surface area is 112 Å². The van der Waals surface area contributed by atoms with Gasteiger partial charge in [0.2, 0.25) is 0 Å². The van der Waals surface area contributed by atoms with E-state index < -0.39 is 5.60 Å². The second kappa shape index (κ2) is 5.36. The number of nitrogens with one attached hydrogen (secondary N) is 1. The third-order valence-corrected chi connectivity index (χ3v) is 3.16. The highest BCUT2D eigenvalue weighted by molar-refractivity contribution is 5.21. The average molecular weight is 258 g/mol. The van der Waals surface area contributed by atoms with E-state index in [1.807, 2.05) is 44.2 Å². The lowest BCUT2D eigenvalue weighted by Gasteiger charge is -2.21. The van der Waals surface area contributed by atoms with Crippen LogP contribution in [0, 0.1) is 0 Å². The van der Waals surface area contributed by atoms with Gasteiger partial charge >= 0.3 is 0 Å². The summed E-state index contributed by atoms with van der Waals surface area (Å²) in [4.78, 5) is 19.2. The van der Waals surface area contributed by atoms with Gasteiger partial charge in [0.1, 0.15) is 11.3 Å². The zero-order valence-corrected chi connectivity index (χ0v) is 11.4. The van der Waals surface area contributed by atoms with Crippen LogP contribution >= 0.6 is 0 Å². The van der Waals surface area contributed by atoms with Gasteiger partial charge in [0.05, 0.1) is 0 Å². The summed E-state index contributed by atoms with van der Waals surface area (Å²) in [5.41, 5.74) is 1.46. The second-order valence-corrected chi connectivity index (χ2v) is 4.96. The normalized spacial score (nSPS) is 11.5. The molecule has 0 spiro atoms. The first-order chi connectivity index (χ1) is 9.03. The number of benzene rings is 1. The van der Waals surface area contributed by atoms with Gasteiger partial charge in [0.25, 0.3) is 5.56 Å². The van der Waals surface area contributed by atoms with Gasteiger partial charge in [-0.3, -0.25) is 9.78 Å². The van der Waals surface area contributed by atoms with Crippen LogP contribution in [-0.2, 0) is 16.8 Å². The molecule has 19 heavy (non-hydrogen) atoms. The molecule has 0 bridgehead atoms. The van der Waals surface area contributed by atoms with E-state index in [1.54, 1.807) is 13.3 Å². The van der Waals surface area contributed by atoms with Crippen LogP contribution in [0.5, 0.6) is 0 Å². The van der Waals surface area contributed by atoms with E-state index in [-0.39, 0.29) is 5.56 Å². The Hall–Kier alpha value is -1.94. The minimum atomic E-state index is -0.682. The van der Waals surface area contributed by atoms with Crippen LogP contribution in [0.15, 0.2) is 41.3 Å². The molecule has 1 aromatic carbocycles. The van der Waals surface area contributed by atoms with Crippen molar-refractivity contribution in [3.63, 3.8) is 0 Å². The summed E-state index contributed by atoms with van der Waals surface area (Å²) in [6, 6.07) is 9.96. The van der Waals surface area contributed by atoms with Crippen molar-refractivity contribution < 1.29 is 4.74 Å². The largest absolute Gasteiger partial charge is 0.372 e. The third kappa shape index (κ3) is 3.09. The fourth-order valence-corrected chi connectivity index (χ4v) is 1.87. The van der Waals surface area contributed by atoms with Gasteiger partial charge in [-0.25, -0.2) is 0 Å². The minimum Gasteiger partial charge on any atom is -0.372 e. The molecule has 2 rings (SSSR count). The molecule has 0 aliphatic rings. The molecule has 4 nitrogen and oxygen atoms in total. The number of aromatic amines is 1. The number of nitrogens with zero attached hydrogens (tertiary/aromatic N) is 1. The summed E-state index contributed by atoms with van der Waals surface area (Å²) in [7, 11) is 1.57. The Bertz CT molecular complexity index is 603. The van der Waals surface area contributed by atoms with Gasteiger partial charge in [-0.2, -0.15) is 0 Å². The SMILES string of the molecule is COC(C)(C)c1ncc(Cc2ccccc2)[nH]c1=O. The number of H-pyrrole nitrogens is 1. The zero-order valence-electron chi connectivity index (χ0n) is 11.4. The highest BCUT2D eigenvalue weighted by Crippen LogP contribution is 2.18. The second-order valence-electron chi connectivity index (χ2n) is 4.96. The molecule has 100 valence electrons. The molecule has 0 aliphatic heterocycles. The quantitative estimate of drug-likeness (QED) is 0.915. The number of rotatable bonds is 4. The first kappa shape index (κ1) is 13.5. The van der Waals surface area contributed by atoms with Crippen LogP contribution in [0.3, 0.4) is 0 Å². The number of ether oxygens (including phenoxy) is 1. The van der Waals surface area contributed by atoms with Crippen LogP contribution in [0.25, 0.3) is 0 Å². The highest BCUT2D eigenvalue weighted by Gasteiger charge is 2.24. The predicted octanol–water partition coefficient (Wildman–Crippen LogP) is 2.24. The summed E-state index contributed by atoms with van der Waals surface area (Å²) in [5, 5.41) is 0. The lowest BCUT2D eigenvalue weighted by molar-refractivity contribution is 0.0141. The summed E-state index contributed by atoms with van der Waals surface area (Å²) < 4.78 is 5.28. The predicted molar refractivity (Wildman–Crippen MR) is 74.1 cm³/mol. The maximum atomic E-state index is 12.0. The molecule has 4 heteroatoms. The van der Waals surface area contributed by atoms with E-state index in [0.29, 0.717) is 12.1 Å².